The third-order valence-corrected chi connectivity index (χ3v) is 3.45. The predicted octanol–water partition coefficient (Wildman–Crippen LogP) is 3.04. The summed E-state index contributed by atoms with van der Waals surface area (Å²) in [5, 5.41) is 2.84. The zero-order chi connectivity index (χ0) is 15.6. The molecule has 0 spiro atoms. The molecule has 108 valence electrons. The molecule has 5 N–H and O–H groups in total. The summed E-state index contributed by atoms with van der Waals surface area (Å²) in [6, 6.07) is 9.35. The van der Waals surface area contributed by atoms with E-state index in [1.165, 1.54) is 12.1 Å². The Morgan fingerprint density at radius 3 is 2.43 bits per heavy atom. The molecule has 21 heavy (non-hydrogen) atoms. The van der Waals surface area contributed by atoms with Crippen molar-refractivity contribution in [2.24, 2.45) is 5.73 Å². The normalized spacial score (nSPS) is 10.2. The van der Waals surface area contributed by atoms with Crippen molar-refractivity contribution in [3.05, 3.63) is 57.0 Å². The number of primary amides is 1. The van der Waals surface area contributed by atoms with Crippen LogP contribution in [0.25, 0.3) is 0 Å². The summed E-state index contributed by atoms with van der Waals surface area (Å²) in [5.41, 5.74) is 12.4. The molecule has 7 heteroatoms. The van der Waals surface area contributed by atoms with Gasteiger partial charge in [-0.3, -0.25) is 9.59 Å². The Labute approximate surface area is 134 Å². The lowest BCUT2D eigenvalue weighted by molar-refractivity contribution is 0.0998. The number of rotatable bonds is 3. The molecule has 0 atom stereocenters. The van der Waals surface area contributed by atoms with E-state index in [-0.39, 0.29) is 16.5 Å². The number of amides is 2. The van der Waals surface area contributed by atoms with Gasteiger partial charge in [0.05, 0.1) is 10.6 Å². The summed E-state index contributed by atoms with van der Waals surface area (Å²) < 4.78 is 0.703. The maximum absolute atomic E-state index is 12.1. The Balaban J connectivity index is 2.23. The van der Waals surface area contributed by atoms with E-state index in [2.05, 4.69) is 21.2 Å². The Bertz CT molecular complexity index is 714. The molecule has 2 aromatic carbocycles. The van der Waals surface area contributed by atoms with Crippen LogP contribution in [0.15, 0.2) is 40.9 Å². The molecule has 2 rings (SSSR count). The number of carbonyl (C=O) groups excluding carboxylic acids is 2. The molecule has 0 bridgehead atoms. The average Bonchev–Trinajstić information content (AvgIpc) is 2.37. The summed E-state index contributed by atoms with van der Waals surface area (Å²) in [4.78, 5) is 23.2. The largest absolute Gasteiger partial charge is 0.399 e. The molecule has 0 fully saturated rings. The summed E-state index contributed by atoms with van der Waals surface area (Å²) in [7, 11) is 0. The fourth-order valence-electron chi connectivity index (χ4n) is 1.74. The Morgan fingerprint density at radius 2 is 1.86 bits per heavy atom. The summed E-state index contributed by atoms with van der Waals surface area (Å²) in [5.74, 6) is -0.969. The van der Waals surface area contributed by atoms with Gasteiger partial charge in [-0.25, -0.2) is 0 Å². The lowest BCUT2D eigenvalue weighted by Crippen LogP contribution is -2.14. The zero-order valence-electron chi connectivity index (χ0n) is 10.7. The van der Waals surface area contributed by atoms with Crippen LogP contribution >= 0.6 is 27.5 Å². The average molecular weight is 369 g/mol. The van der Waals surface area contributed by atoms with Gasteiger partial charge in [0.25, 0.3) is 5.91 Å². The van der Waals surface area contributed by atoms with Crippen molar-refractivity contribution >= 4 is 50.7 Å². The van der Waals surface area contributed by atoms with Gasteiger partial charge in [-0.1, -0.05) is 27.5 Å². The van der Waals surface area contributed by atoms with Crippen molar-refractivity contribution in [2.75, 3.05) is 11.1 Å². The van der Waals surface area contributed by atoms with Crippen LogP contribution in [0.1, 0.15) is 20.7 Å². The van der Waals surface area contributed by atoms with Crippen LogP contribution in [-0.2, 0) is 0 Å². The highest BCUT2D eigenvalue weighted by atomic mass is 79.9. The van der Waals surface area contributed by atoms with Gasteiger partial charge in [0.1, 0.15) is 0 Å². The van der Waals surface area contributed by atoms with Crippen LogP contribution in [0.4, 0.5) is 11.4 Å². The number of benzene rings is 2. The van der Waals surface area contributed by atoms with Gasteiger partial charge in [0, 0.05) is 21.4 Å². The van der Waals surface area contributed by atoms with E-state index in [9.17, 15) is 9.59 Å². The highest BCUT2D eigenvalue weighted by Crippen LogP contribution is 2.22. The molecule has 5 nitrogen and oxygen atoms in total. The van der Waals surface area contributed by atoms with Crippen LogP contribution in [0.2, 0.25) is 5.02 Å². The fourth-order valence-corrected chi connectivity index (χ4v) is 2.52. The number of anilines is 2. The molecule has 0 radical (unpaired) electrons. The van der Waals surface area contributed by atoms with Crippen LogP contribution in [-0.4, -0.2) is 11.8 Å². The van der Waals surface area contributed by atoms with Gasteiger partial charge in [-0.15, -0.1) is 0 Å². The first-order valence-electron chi connectivity index (χ1n) is 5.83. The van der Waals surface area contributed by atoms with E-state index >= 15 is 0 Å². The van der Waals surface area contributed by atoms with Gasteiger partial charge in [-0.05, 0) is 36.4 Å². The van der Waals surface area contributed by atoms with Crippen LogP contribution < -0.4 is 16.8 Å². The number of carbonyl (C=O) groups is 2. The summed E-state index contributed by atoms with van der Waals surface area (Å²) >= 11 is 9.20. The van der Waals surface area contributed by atoms with Crippen molar-refractivity contribution in [2.45, 2.75) is 0 Å². The van der Waals surface area contributed by atoms with E-state index in [4.69, 9.17) is 23.1 Å². The third kappa shape index (κ3) is 3.74. The summed E-state index contributed by atoms with van der Waals surface area (Å²) in [6.45, 7) is 0. The molecule has 0 heterocycles. The van der Waals surface area contributed by atoms with Crippen molar-refractivity contribution in [1.29, 1.82) is 0 Å². The second-order valence-electron chi connectivity index (χ2n) is 4.29. The zero-order valence-corrected chi connectivity index (χ0v) is 13.0. The molecule has 0 unspecified atom stereocenters. The third-order valence-electron chi connectivity index (χ3n) is 2.67. The number of nitrogen functional groups attached to an aromatic ring is 1. The molecule has 0 saturated heterocycles. The molecule has 0 aliphatic carbocycles. The second kappa shape index (κ2) is 6.15. The molecule has 0 saturated carbocycles. The van der Waals surface area contributed by atoms with E-state index in [0.29, 0.717) is 21.4 Å². The van der Waals surface area contributed by atoms with Crippen molar-refractivity contribution in [3.8, 4) is 0 Å². The summed E-state index contributed by atoms with van der Waals surface area (Å²) in [6.07, 6.45) is 0. The van der Waals surface area contributed by atoms with Crippen LogP contribution in [0.3, 0.4) is 0 Å². The highest BCUT2D eigenvalue weighted by molar-refractivity contribution is 9.10. The van der Waals surface area contributed by atoms with Crippen LogP contribution in [0.5, 0.6) is 0 Å². The minimum absolute atomic E-state index is 0.175. The van der Waals surface area contributed by atoms with Crippen LogP contribution in [0, 0.1) is 0 Å². The van der Waals surface area contributed by atoms with Crippen molar-refractivity contribution in [3.63, 3.8) is 0 Å². The number of hydrogen-bond donors (Lipinski definition) is 3. The standard InChI is InChI=1S/C14H11BrClN3O2/c15-8-3-7(4-9(17)5-8)14(21)19-10-1-2-11(13(18)20)12(16)6-10/h1-6H,17H2,(H2,18,20)(H,19,21). The fraction of sp³-hybridized carbons (Fsp3) is 0. The van der Waals surface area contributed by atoms with Gasteiger partial charge in [0.2, 0.25) is 5.91 Å². The molecule has 2 amide bonds. The number of nitrogens with one attached hydrogen (secondary N) is 1. The quantitative estimate of drug-likeness (QED) is 0.726. The molecular formula is C14H11BrClN3O2. The van der Waals surface area contributed by atoms with Gasteiger partial charge in [-0.2, -0.15) is 0 Å². The SMILES string of the molecule is NC(=O)c1ccc(NC(=O)c2cc(N)cc(Br)c2)cc1Cl. The van der Waals surface area contributed by atoms with Crippen molar-refractivity contribution < 1.29 is 9.59 Å². The number of hydrogen-bond acceptors (Lipinski definition) is 3. The van der Waals surface area contributed by atoms with E-state index < -0.39 is 5.91 Å². The minimum atomic E-state index is -0.627. The first-order valence-corrected chi connectivity index (χ1v) is 7.00. The second-order valence-corrected chi connectivity index (χ2v) is 5.61. The number of nitrogens with two attached hydrogens (primary N) is 2. The molecule has 2 aromatic rings. The Hall–Kier alpha value is -2.05. The number of halogens is 2. The van der Waals surface area contributed by atoms with E-state index in [0.717, 1.165) is 0 Å². The monoisotopic (exact) mass is 367 g/mol. The Morgan fingerprint density at radius 1 is 1.14 bits per heavy atom. The molecule has 0 aliphatic rings. The van der Waals surface area contributed by atoms with Crippen molar-refractivity contribution in [1.82, 2.24) is 0 Å². The van der Waals surface area contributed by atoms with Gasteiger partial charge >= 0.3 is 0 Å². The highest BCUT2D eigenvalue weighted by Gasteiger charge is 2.11. The molecule has 0 aliphatic heterocycles. The minimum Gasteiger partial charge on any atom is -0.399 e. The van der Waals surface area contributed by atoms with Gasteiger partial charge in [0.15, 0.2) is 0 Å². The lowest BCUT2D eigenvalue weighted by Gasteiger charge is -2.08. The smallest absolute Gasteiger partial charge is 0.255 e. The predicted molar refractivity (Wildman–Crippen MR) is 86.5 cm³/mol. The maximum Gasteiger partial charge on any atom is 0.255 e. The molecular weight excluding hydrogens is 358 g/mol. The van der Waals surface area contributed by atoms with E-state index in [1.807, 2.05) is 0 Å². The van der Waals surface area contributed by atoms with E-state index in [1.54, 1.807) is 24.3 Å². The molecule has 0 aromatic heterocycles. The Kier molecular flexibility index (Phi) is 4.50. The topological polar surface area (TPSA) is 98.2 Å². The van der Waals surface area contributed by atoms with Gasteiger partial charge < -0.3 is 16.8 Å². The lowest BCUT2D eigenvalue weighted by atomic mass is 10.1. The first-order chi connectivity index (χ1) is 9.86. The maximum atomic E-state index is 12.1. The first kappa shape index (κ1) is 15.3.